The van der Waals surface area contributed by atoms with E-state index in [9.17, 15) is 4.79 Å². The molecule has 2 aromatic carbocycles. The highest BCUT2D eigenvalue weighted by atomic mass is 16.5. The Kier molecular flexibility index (Phi) is 9.67. The molecule has 3 rings (SSSR count). The quantitative estimate of drug-likeness (QED) is 0.239. The van der Waals surface area contributed by atoms with Crippen molar-refractivity contribution in [2.75, 3.05) is 20.3 Å². The van der Waals surface area contributed by atoms with Gasteiger partial charge in [-0.25, -0.2) is 0 Å². The molecule has 0 aliphatic carbocycles. The molecule has 0 N–H and O–H groups in total. The van der Waals surface area contributed by atoms with E-state index in [1.807, 2.05) is 30.3 Å². The largest absolute Gasteiger partial charge is 0.492 e. The molecule has 0 radical (unpaired) electrons. The normalized spacial score (nSPS) is 11.0. The van der Waals surface area contributed by atoms with Gasteiger partial charge in [0.25, 0.3) is 0 Å². The van der Waals surface area contributed by atoms with Crippen LogP contribution in [0.5, 0.6) is 17.2 Å². The average molecular weight is 453 g/mol. The van der Waals surface area contributed by atoms with Crippen molar-refractivity contribution in [3.05, 3.63) is 52.7 Å². The number of ether oxygens (including phenoxy) is 3. The Labute approximate surface area is 196 Å². The second-order valence-corrected chi connectivity index (χ2v) is 8.27. The Morgan fingerprint density at radius 1 is 0.788 bits per heavy atom. The Bertz CT molecular complexity index is 1060. The van der Waals surface area contributed by atoms with Gasteiger partial charge < -0.3 is 18.6 Å². The second kappa shape index (κ2) is 12.9. The number of unbranched alkanes of at least 4 members (excludes halogenated alkanes) is 6. The van der Waals surface area contributed by atoms with E-state index >= 15 is 0 Å². The third kappa shape index (κ3) is 6.53. The van der Waals surface area contributed by atoms with Crippen molar-refractivity contribution in [2.24, 2.45) is 0 Å². The molecule has 0 aliphatic rings. The lowest BCUT2D eigenvalue weighted by Crippen LogP contribution is -2.08. The SMILES string of the molecule is CCCCCCOc1cc2oc(-c3ccccc3)cc(=O)c2c(OC)c1OCCCCCC. The molecular formula is C28H36O5. The molecule has 0 amide bonds. The van der Waals surface area contributed by atoms with E-state index in [4.69, 9.17) is 18.6 Å². The molecule has 0 aliphatic heterocycles. The monoisotopic (exact) mass is 452 g/mol. The van der Waals surface area contributed by atoms with Crippen LogP contribution in [0.2, 0.25) is 0 Å². The van der Waals surface area contributed by atoms with Crippen LogP contribution in [-0.4, -0.2) is 20.3 Å². The molecule has 0 spiro atoms. The molecule has 0 bridgehead atoms. The predicted octanol–water partition coefficient (Wildman–Crippen LogP) is 7.39. The van der Waals surface area contributed by atoms with E-state index in [2.05, 4.69) is 13.8 Å². The van der Waals surface area contributed by atoms with E-state index < -0.39 is 0 Å². The first kappa shape index (κ1) is 24.7. The first-order valence-electron chi connectivity index (χ1n) is 12.2. The van der Waals surface area contributed by atoms with Gasteiger partial charge in [-0.3, -0.25) is 4.79 Å². The van der Waals surface area contributed by atoms with Gasteiger partial charge >= 0.3 is 0 Å². The van der Waals surface area contributed by atoms with E-state index in [0.29, 0.717) is 47.2 Å². The van der Waals surface area contributed by atoms with Crippen molar-refractivity contribution >= 4 is 11.0 Å². The summed E-state index contributed by atoms with van der Waals surface area (Å²) in [7, 11) is 1.55. The number of rotatable bonds is 14. The standard InChI is InChI=1S/C28H36O5/c1-4-6-8-13-17-31-25-20-24-26(28(30-3)27(25)32-18-14-9-7-5-2)22(29)19-23(33-24)21-15-11-10-12-16-21/h10-12,15-16,19-20H,4-9,13-14,17-18H2,1-3H3. The summed E-state index contributed by atoms with van der Waals surface area (Å²) in [5.74, 6) is 1.92. The molecule has 5 nitrogen and oxygen atoms in total. The molecule has 1 heterocycles. The van der Waals surface area contributed by atoms with Crippen LogP contribution in [0.25, 0.3) is 22.3 Å². The second-order valence-electron chi connectivity index (χ2n) is 8.27. The van der Waals surface area contributed by atoms with Gasteiger partial charge in [0, 0.05) is 17.7 Å². The summed E-state index contributed by atoms with van der Waals surface area (Å²) >= 11 is 0. The molecule has 1 aromatic heterocycles. The molecule has 0 fully saturated rings. The molecule has 0 saturated heterocycles. The van der Waals surface area contributed by atoms with Crippen molar-refractivity contribution in [3.8, 4) is 28.6 Å². The van der Waals surface area contributed by atoms with Gasteiger partial charge in [0.05, 0.1) is 20.3 Å². The van der Waals surface area contributed by atoms with Gasteiger partial charge in [0.2, 0.25) is 5.75 Å². The first-order chi connectivity index (χ1) is 16.2. The molecule has 5 heteroatoms. The van der Waals surface area contributed by atoms with Crippen LogP contribution >= 0.6 is 0 Å². The van der Waals surface area contributed by atoms with Gasteiger partial charge in [-0.15, -0.1) is 0 Å². The summed E-state index contributed by atoms with van der Waals surface area (Å²) < 4.78 is 24.1. The topological polar surface area (TPSA) is 57.9 Å². The zero-order valence-corrected chi connectivity index (χ0v) is 20.2. The molecular weight excluding hydrogens is 416 g/mol. The number of fused-ring (bicyclic) bond motifs is 1. The van der Waals surface area contributed by atoms with Crippen LogP contribution in [0.1, 0.15) is 65.2 Å². The van der Waals surface area contributed by atoms with Crippen LogP contribution in [0.3, 0.4) is 0 Å². The average Bonchev–Trinajstić information content (AvgIpc) is 2.84. The highest BCUT2D eigenvalue weighted by Crippen LogP contribution is 2.43. The summed E-state index contributed by atoms with van der Waals surface area (Å²) in [5.41, 5.74) is 1.10. The van der Waals surface area contributed by atoms with Crippen molar-refractivity contribution in [1.29, 1.82) is 0 Å². The van der Waals surface area contributed by atoms with Gasteiger partial charge in [-0.05, 0) is 12.8 Å². The fourth-order valence-electron chi connectivity index (χ4n) is 3.84. The van der Waals surface area contributed by atoms with Crippen LogP contribution in [0, 0.1) is 0 Å². The highest BCUT2D eigenvalue weighted by molar-refractivity contribution is 5.90. The molecule has 0 atom stereocenters. The van der Waals surface area contributed by atoms with Gasteiger partial charge in [0.1, 0.15) is 16.7 Å². The van der Waals surface area contributed by atoms with Crippen molar-refractivity contribution < 1.29 is 18.6 Å². The maximum Gasteiger partial charge on any atom is 0.204 e. The molecule has 0 saturated carbocycles. The summed E-state index contributed by atoms with van der Waals surface area (Å²) in [6, 6.07) is 12.9. The summed E-state index contributed by atoms with van der Waals surface area (Å²) in [5, 5.41) is 0.374. The van der Waals surface area contributed by atoms with Crippen LogP contribution < -0.4 is 19.6 Å². The van der Waals surface area contributed by atoms with Gasteiger partial charge in [-0.1, -0.05) is 82.7 Å². The zero-order chi connectivity index (χ0) is 23.5. The summed E-state index contributed by atoms with van der Waals surface area (Å²) in [4.78, 5) is 13.1. The lowest BCUT2D eigenvalue weighted by atomic mass is 10.1. The number of methoxy groups -OCH3 is 1. The maximum absolute atomic E-state index is 13.1. The smallest absolute Gasteiger partial charge is 0.204 e. The Morgan fingerprint density at radius 2 is 1.45 bits per heavy atom. The lowest BCUT2D eigenvalue weighted by molar-refractivity contribution is 0.248. The Balaban J connectivity index is 1.99. The lowest BCUT2D eigenvalue weighted by Gasteiger charge is -2.18. The van der Waals surface area contributed by atoms with Crippen molar-refractivity contribution in [2.45, 2.75) is 65.2 Å². The predicted molar refractivity (Wildman–Crippen MR) is 134 cm³/mol. The number of hydrogen-bond donors (Lipinski definition) is 0. The number of hydrogen-bond acceptors (Lipinski definition) is 5. The van der Waals surface area contributed by atoms with E-state index in [1.54, 1.807) is 13.2 Å². The van der Waals surface area contributed by atoms with Crippen LogP contribution in [0.15, 0.2) is 51.7 Å². The fraction of sp³-hybridized carbons (Fsp3) is 0.464. The number of benzene rings is 2. The minimum Gasteiger partial charge on any atom is -0.492 e. The first-order valence-corrected chi connectivity index (χ1v) is 12.2. The summed E-state index contributed by atoms with van der Waals surface area (Å²) in [6.45, 7) is 5.48. The molecule has 33 heavy (non-hydrogen) atoms. The molecule has 0 unspecified atom stereocenters. The minimum absolute atomic E-state index is 0.169. The Hall–Kier alpha value is -2.95. The highest BCUT2D eigenvalue weighted by Gasteiger charge is 2.22. The van der Waals surface area contributed by atoms with Gasteiger partial charge in [0.15, 0.2) is 16.9 Å². The molecule has 178 valence electrons. The maximum atomic E-state index is 13.1. The van der Waals surface area contributed by atoms with Crippen molar-refractivity contribution in [3.63, 3.8) is 0 Å². The zero-order valence-electron chi connectivity index (χ0n) is 20.2. The van der Waals surface area contributed by atoms with E-state index in [-0.39, 0.29) is 5.43 Å². The minimum atomic E-state index is -0.169. The van der Waals surface area contributed by atoms with Gasteiger partial charge in [-0.2, -0.15) is 0 Å². The third-order valence-electron chi connectivity index (χ3n) is 5.66. The van der Waals surface area contributed by atoms with E-state index in [0.717, 1.165) is 37.7 Å². The van der Waals surface area contributed by atoms with Crippen LogP contribution in [0.4, 0.5) is 0 Å². The Morgan fingerprint density at radius 3 is 2.09 bits per heavy atom. The van der Waals surface area contributed by atoms with Crippen molar-refractivity contribution in [1.82, 2.24) is 0 Å². The third-order valence-corrected chi connectivity index (χ3v) is 5.66. The van der Waals surface area contributed by atoms with Crippen LogP contribution in [-0.2, 0) is 0 Å². The fourth-order valence-corrected chi connectivity index (χ4v) is 3.84. The molecule has 3 aromatic rings. The van der Waals surface area contributed by atoms with E-state index in [1.165, 1.54) is 25.3 Å². The summed E-state index contributed by atoms with van der Waals surface area (Å²) in [6.07, 6.45) is 8.79.